The molecule has 2 unspecified atom stereocenters. The Hall–Kier alpha value is -1.42. The highest BCUT2D eigenvalue weighted by molar-refractivity contribution is 5.87. The van der Waals surface area contributed by atoms with Gasteiger partial charge in [-0.3, -0.25) is 0 Å². The molecule has 2 N–H and O–H groups in total. The lowest BCUT2D eigenvalue weighted by molar-refractivity contribution is 0.0696. The lowest BCUT2D eigenvalue weighted by Crippen LogP contribution is -2.27. The molecule has 0 aromatic heterocycles. The molecular weight excluding hydrogens is 245 g/mol. The number of halogens is 1. The van der Waals surface area contributed by atoms with E-state index in [0.29, 0.717) is 18.0 Å². The van der Waals surface area contributed by atoms with Gasteiger partial charge in [-0.15, -0.1) is 0 Å². The Balaban J connectivity index is 2.61. The summed E-state index contributed by atoms with van der Waals surface area (Å²) < 4.78 is 13.6. The fourth-order valence-corrected chi connectivity index (χ4v) is 1.98. The zero-order chi connectivity index (χ0) is 14.4. The maximum atomic E-state index is 13.6. The third-order valence-corrected chi connectivity index (χ3v) is 3.39. The van der Waals surface area contributed by atoms with E-state index in [1.165, 1.54) is 18.2 Å². The van der Waals surface area contributed by atoms with Gasteiger partial charge in [-0.25, -0.2) is 9.18 Å². The summed E-state index contributed by atoms with van der Waals surface area (Å²) in [5.74, 6) is -0.778. The van der Waals surface area contributed by atoms with Gasteiger partial charge in [0.05, 0.1) is 5.56 Å². The normalized spacial score (nSPS) is 14.1. The van der Waals surface area contributed by atoms with E-state index >= 15 is 0 Å². The molecule has 0 aliphatic heterocycles. The molecule has 0 amide bonds. The monoisotopic (exact) mass is 267 g/mol. The summed E-state index contributed by atoms with van der Waals surface area (Å²) in [6.07, 6.45) is 2.14. The molecule has 0 aliphatic rings. The third kappa shape index (κ3) is 4.99. The highest BCUT2D eigenvalue weighted by Crippen LogP contribution is 2.13. The molecule has 3 nitrogen and oxygen atoms in total. The second kappa shape index (κ2) is 7.24. The van der Waals surface area contributed by atoms with Gasteiger partial charge < -0.3 is 10.4 Å². The number of carboxylic acids is 1. The Morgan fingerprint density at radius 1 is 1.42 bits per heavy atom. The van der Waals surface area contributed by atoms with Gasteiger partial charge >= 0.3 is 5.97 Å². The van der Waals surface area contributed by atoms with Crippen LogP contribution < -0.4 is 5.32 Å². The summed E-state index contributed by atoms with van der Waals surface area (Å²) in [7, 11) is 0. The first kappa shape index (κ1) is 15.6. The molecule has 1 aromatic rings. The van der Waals surface area contributed by atoms with Crippen molar-refractivity contribution < 1.29 is 14.3 Å². The van der Waals surface area contributed by atoms with Crippen LogP contribution in [0.25, 0.3) is 0 Å². The smallest absolute Gasteiger partial charge is 0.335 e. The zero-order valence-corrected chi connectivity index (χ0v) is 11.7. The average Bonchev–Trinajstić information content (AvgIpc) is 2.37. The van der Waals surface area contributed by atoms with Crippen LogP contribution in [0.1, 0.15) is 49.5 Å². The first-order valence-electron chi connectivity index (χ1n) is 6.69. The highest BCUT2D eigenvalue weighted by Gasteiger charge is 2.11. The largest absolute Gasteiger partial charge is 0.478 e. The summed E-state index contributed by atoms with van der Waals surface area (Å²) in [5, 5.41) is 12.1. The summed E-state index contributed by atoms with van der Waals surface area (Å²) in [6.45, 7) is 6.74. The number of nitrogens with one attached hydrogen (secondary N) is 1. The van der Waals surface area contributed by atoms with Crippen LogP contribution in [-0.2, 0) is 6.54 Å². The maximum absolute atomic E-state index is 13.6. The van der Waals surface area contributed by atoms with Gasteiger partial charge in [-0.2, -0.15) is 0 Å². The molecular formula is C15H22FNO2. The van der Waals surface area contributed by atoms with Crippen molar-refractivity contribution in [1.29, 1.82) is 0 Å². The average molecular weight is 267 g/mol. The summed E-state index contributed by atoms with van der Waals surface area (Å²) in [4.78, 5) is 10.8. The van der Waals surface area contributed by atoms with E-state index in [1.54, 1.807) is 0 Å². The Morgan fingerprint density at radius 3 is 2.68 bits per heavy atom. The highest BCUT2D eigenvalue weighted by atomic mass is 19.1. The fourth-order valence-electron chi connectivity index (χ4n) is 1.98. The van der Waals surface area contributed by atoms with Crippen LogP contribution in [0, 0.1) is 11.7 Å². The van der Waals surface area contributed by atoms with E-state index in [-0.39, 0.29) is 17.4 Å². The minimum absolute atomic E-state index is 0.118. The van der Waals surface area contributed by atoms with Crippen LogP contribution in [0.3, 0.4) is 0 Å². The molecule has 0 heterocycles. The Morgan fingerprint density at radius 2 is 2.11 bits per heavy atom. The van der Waals surface area contributed by atoms with E-state index in [9.17, 15) is 9.18 Å². The SMILES string of the molecule is CCC(C)CC(C)NCc1cc(C(=O)O)ccc1F. The van der Waals surface area contributed by atoms with Crippen LogP contribution in [0.15, 0.2) is 18.2 Å². The van der Waals surface area contributed by atoms with Crippen molar-refractivity contribution >= 4 is 5.97 Å². The molecule has 2 atom stereocenters. The second-order valence-electron chi connectivity index (χ2n) is 5.14. The van der Waals surface area contributed by atoms with Crippen molar-refractivity contribution in [2.45, 2.75) is 46.2 Å². The van der Waals surface area contributed by atoms with E-state index < -0.39 is 5.97 Å². The van der Waals surface area contributed by atoms with Gasteiger partial charge in [0, 0.05) is 18.2 Å². The van der Waals surface area contributed by atoms with Crippen molar-refractivity contribution in [3.05, 3.63) is 35.1 Å². The summed E-state index contributed by atoms with van der Waals surface area (Å²) >= 11 is 0. The summed E-state index contributed by atoms with van der Waals surface area (Å²) in [5.41, 5.74) is 0.517. The quantitative estimate of drug-likeness (QED) is 0.795. The molecule has 0 radical (unpaired) electrons. The molecule has 1 rings (SSSR count). The maximum Gasteiger partial charge on any atom is 0.335 e. The first-order valence-corrected chi connectivity index (χ1v) is 6.69. The van der Waals surface area contributed by atoms with Crippen LogP contribution >= 0.6 is 0 Å². The van der Waals surface area contributed by atoms with Gasteiger partial charge in [-0.05, 0) is 37.5 Å². The molecule has 0 saturated heterocycles. The molecule has 19 heavy (non-hydrogen) atoms. The number of carbonyl (C=O) groups is 1. The summed E-state index contributed by atoms with van der Waals surface area (Å²) in [6, 6.07) is 4.16. The minimum Gasteiger partial charge on any atom is -0.478 e. The van der Waals surface area contributed by atoms with Gasteiger partial charge in [0.25, 0.3) is 0 Å². The molecule has 0 aliphatic carbocycles. The molecule has 0 saturated carbocycles. The van der Waals surface area contributed by atoms with Gasteiger partial charge in [0.2, 0.25) is 0 Å². The Labute approximate surface area is 113 Å². The minimum atomic E-state index is -1.03. The van der Waals surface area contributed by atoms with E-state index in [0.717, 1.165) is 12.8 Å². The molecule has 0 fully saturated rings. The zero-order valence-electron chi connectivity index (χ0n) is 11.7. The number of aromatic carboxylic acids is 1. The van der Waals surface area contributed by atoms with Gasteiger partial charge in [0.15, 0.2) is 0 Å². The topological polar surface area (TPSA) is 49.3 Å². The Bertz CT molecular complexity index is 434. The van der Waals surface area contributed by atoms with Crippen molar-refractivity contribution in [3.63, 3.8) is 0 Å². The van der Waals surface area contributed by atoms with Crippen LogP contribution in [0.5, 0.6) is 0 Å². The van der Waals surface area contributed by atoms with Crippen molar-refractivity contribution in [2.75, 3.05) is 0 Å². The predicted molar refractivity (Wildman–Crippen MR) is 73.7 cm³/mol. The van der Waals surface area contributed by atoms with Gasteiger partial charge in [-0.1, -0.05) is 20.3 Å². The number of hydrogen-bond acceptors (Lipinski definition) is 2. The van der Waals surface area contributed by atoms with Gasteiger partial charge in [0.1, 0.15) is 5.82 Å². The molecule has 4 heteroatoms. The first-order chi connectivity index (χ1) is 8.93. The van der Waals surface area contributed by atoms with Crippen LogP contribution in [-0.4, -0.2) is 17.1 Å². The number of hydrogen-bond donors (Lipinski definition) is 2. The second-order valence-corrected chi connectivity index (χ2v) is 5.14. The van der Waals surface area contributed by atoms with Crippen molar-refractivity contribution in [1.82, 2.24) is 5.32 Å². The molecule has 0 spiro atoms. The molecule has 0 bridgehead atoms. The van der Waals surface area contributed by atoms with E-state index in [2.05, 4.69) is 26.1 Å². The standard InChI is InChI=1S/C15H22FNO2/c1-4-10(2)7-11(3)17-9-13-8-12(15(18)19)5-6-14(13)16/h5-6,8,10-11,17H,4,7,9H2,1-3H3,(H,18,19). The van der Waals surface area contributed by atoms with Crippen LogP contribution in [0.2, 0.25) is 0 Å². The van der Waals surface area contributed by atoms with Crippen LogP contribution in [0.4, 0.5) is 4.39 Å². The Kier molecular flexibility index (Phi) is 5.96. The fraction of sp³-hybridized carbons (Fsp3) is 0.533. The van der Waals surface area contributed by atoms with E-state index in [1.807, 2.05) is 0 Å². The van der Waals surface area contributed by atoms with Crippen molar-refractivity contribution in [2.24, 2.45) is 5.92 Å². The predicted octanol–water partition coefficient (Wildman–Crippen LogP) is 3.44. The number of carboxylic acid groups (broad SMARTS) is 1. The molecule has 106 valence electrons. The third-order valence-electron chi connectivity index (χ3n) is 3.39. The lowest BCUT2D eigenvalue weighted by Gasteiger charge is -2.17. The van der Waals surface area contributed by atoms with E-state index in [4.69, 9.17) is 5.11 Å². The lowest BCUT2D eigenvalue weighted by atomic mass is 10.00. The van der Waals surface area contributed by atoms with Crippen molar-refractivity contribution in [3.8, 4) is 0 Å². The number of rotatable bonds is 7. The number of benzene rings is 1. The molecule has 1 aromatic carbocycles.